The maximum Gasteiger partial charge on any atom is 0.322 e. The molecule has 24 heavy (non-hydrogen) atoms. The maximum atomic E-state index is 12.8. The summed E-state index contributed by atoms with van der Waals surface area (Å²) in [7, 11) is 0. The molecule has 1 fully saturated rings. The van der Waals surface area contributed by atoms with Crippen molar-refractivity contribution >= 4 is 22.5 Å². The van der Waals surface area contributed by atoms with Crippen LogP contribution < -0.4 is 5.32 Å². The van der Waals surface area contributed by atoms with E-state index in [1.165, 1.54) is 0 Å². The monoisotopic (exact) mass is 321 g/mol. The van der Waals surface area contributed by atoms with E-state index in [2.05, 4.69) is 10.5 Å². The number of aromatic nitrogens is 1. The van der Waals surface area contributed by atoms with Crippen molar-refractivity contribution in [2.45, 2.75) is 25.8 Å². The number of rotatable bonds is 2. The van der Waals surface area contributed by atoms with Crippen molar-refractivity contribution in [3.63, 3.8) is 0 Å². The minimum atomic E-state index is -0.0884. The van der Waals surface area contributed by atoms with Crippen LogP contribution >= 0.6 is 0 Å². The van der Waals surface area contributed by atoms with Crippen LogP contribution in [0.1, 0.15) is 30.3 Å². The van der Waals surface area contributed by atoms with Crippen LogP contribution in [0.5, 0.6) is 0 Å². The summed E-state index contributed by atoms with van der Waals surface area (Å²) in [6, 6.07) is 15.8. The fourth-order valence-electron chi connectivity index (χ4n) is 3.38. The molecule has 2 amide bonds. The Balaban J connectivity index is 1.59. The number of amides is 2. The molecule has 0 radical (unpaired) electrons. The van der Waals surface area contributed by atoms with Gasteiger partial charge in [-0.3, -0.25) is 0 Å². The van der Waals surface area contributed by atoms with E-state index in [1.807, 2.05) is 60.4 Å². The number of aryl methyl sites for hydroxylation is 1. The summed E-state index contributed by atoms with van der Waals surface area (Å²) in [5, 5.41) is 9.31. The summed E-state index contributed by atoms with van der Waals surface area (Å²) >= 11 is 0. The first-order valence-electron chi connectivity index (χ1n) is 8.21. The third kappa shape index (κ3) is 2.62. The SMILES string of the molecule is Cc1cc([C@@H]2CCCN2C(=O)Nc2cccc3ccccc23)no1. The molecule has 5 nitrogen and oxygen atoms in total. The van der Waals surface area contributed by atoms with Crippen molar-refractivity contribution < 1.29 is 9.32 Å². The molecule has 4 rings (SSSR count). The van der Waals surface area contributed by atoms with Gasteiger partial charge < -0.3 is 14.7 Å². The Labute approximate surface area is 140 Å². The van der Waals surface area contributed by atoms with Crippen LogP contribution in [0.15, 0.2) is 53.1 Å². The number of likely N-dealkylation sites (tertiary alicyclic amines) is 1. The first kappa shape index (κ1) is 14.8. The van der Waals surface area contributed by atoms with Crippen molar-refractivity contribution in [3.05, 3.63) is 60.0 Å². The third-order valence-electron chi connectivity index (χ3n) is 4.53. The van der Waals surface area contributed by atoms with E-state index in [1.54, 1.807) is 0 Å². The highest BCUT2D eigenvalue weighted by atomic mass is 16.5. The summed E-state index contributed by atoms with van der Waals surface area (Å²) < 4.78 is 5.17. The lowest BCUT2D eigenvalue weighted by Crippen LogP contribution is -2.34. The van der Waals surface area contributed by atoms with Crippen LogP contribution in [-0.4, -0.2) is 22.6 Å². The van der Waals surface area contributed by atoms with Crippen LogP contribution in [-0.2, 0) is 0 Å². The van der Waals surface area contributed by atoms with Gasteiger partial charge in [0.1, 0.15) is 11.5 Å². The van der Waals surface area contributed by atoms with Crippen LogP contribution in [0.4, 0.5) is 10.5 Å². The van der Waals surface area contributed by atoms with Gasteiger partial charge in [-0.15, -0.1) is 0 Å². The van der Waals surface area contributed by atoms with Crippen molar-refractivity contribution in [1.82, 2.24) is 10.1 Å². The normalized spacial score (nSPS) is 17.4. The minimum Gasteiger partial charge on any atom is -0.361 e. The first-order chi connectivity index (χ1) is 11.7. The summed E-state index contributed by atoms with van der Waals surface area (Å²) in [5.74, 6) is 0.770. The predicted octanol–water partition coefficient (Wildman–Crippen LogP) is 4.51. The van der Waals surface area contributed by atoms with Gasteiger partial charge in [0.25, 0.3) is 0 Å². The summed E-state index contributed by atoms with van der Waals surface area (Å²) in [4.78, 5) is 14.7. The van der Waals surface area contributed by atoms with E-state index in [4.69, 9.17) is 4.52 Å². The van der Waals surface area contributed by atoms with Crippen molar-refractivity contribution in [3.8, 4) is 0 Å². The van der Waals surface area contributed by atoms with E-state index in [9.17, 15) is 4.79 Å². The van der Waals surface area contributed by atoms with E-state index in [-0.39, 0.29) is 12.1 Å². The second-order valence-electron chi connectivity index (χ2n) is 6.17. The summed E-state index contributed by atoms with van der Waals surface area (Å²) in [6.07, 6.45) is 1.88. The Morgan fingerprint density at radius 2 is 2.08 bits per heavy atom. The Hall–Kier alpha value is -2.82. The smallest absolute Gasteiger partial charge is 0.322 e. The molecule has 1 aliphatic rings. The van der Waals surface area contributed by atoms with E-state index in [0.717, 1.165) is 47.3 Å². The average molecular weight is 321 g/mol. The maximum absolute atomic E-state index is 12.8. The molecule has 1 aromatic heterocycles. The van der Waals surface area contributed by atoms with Gasteiger partial charge in [0.05, 0.1) is 11.7 Å². The lowest BCUT2D eigenvalue weighted by molar-refractivity contribution is 0.204. The molecule has 3 aromatic rings. The Bertz CT molecular complexity index is 882. The second-order valence-corrected chi connectivity index (χ2v) is 6.17. The van der Waals surface area contributed by atoms with Crippen LogP contribution in [0, 0.1) is 6.92 Å². The van der Waals surface area contributed by atoms with Gasteiger partial charge in [0.15, 0.2) is 0 Å². The summed E-state index contributed by atoms with van der Waals surface area (Å²) in [5.41, 5.74) is 1.66. The van der Waals surface area contributed by atoms with E-state index in [0.29, 0.717) is 0 Å². The molecule has 1 aliphatic heterocycles. The zero-order chi connectivity index (χ0) is 16.5. The number of hydrogen-bond donors (Lipinski definition) is 1. The molecule has 1 saturated heterocycles. The van der Waals surface area contributed by atoms with Gasteiger partial charge in [-0.25, -0.2) is 4.79 Å². The highest BCUT2D eigenvalue weighted by molar-refractivity contribution is 6.01. The highest BCUT2D eigenvalue weighted by Gasteiger charge is 2.32. The zero-order valence-electron chi connectivity index (χ0n) is 13.5. The molecule has 0 bridgehead atoms. The Morgan fingerprint density at radius 1 is 1.25 bits per heavy atom. The molecule has 0 spiro atoms. The summed E-state index contributed by atoms with van der Waals surface area (Å²) in [6.45, 7) is 2.60. The number of carbonyl (C=O) groups excluding carboxylic acids is 1. The van der Waals surface area contributed by atoms with Crippen molar-refractivity contribution in [2.24, 2.45) is 0 Å². The van der Waals surface area contributed by atoms with Crippen LogP contribution in [0.2, 0.25) is 0 Å². The lowest BCUT2D eigenvalue weighted by atomic mass is 10.1. The lowest BCUT2D eigenvalue weighted by Gasteiger charge is -2.23. The molecule has 5 heteroatoms. The molecule has 2 heterocycles. The molecule has 1 N–H and O–H groups in total. The van der Waals surface area contributed by atoms with Crippen LogP contribution in [0.25, 0.3) is 10.8 Å². The molecule has 1 atom stereocenters. The number of carbonyl (C=O) groups is 1. The fourth-order valence-corrected chi connectivity index (χ4v) is 3.38. The predicted molar refractivity (Wildman–Crippen MR) is 92.9 cm³/mol. The molecule has 122 valence electrons. The fraction of sp³-hybridized carbons (Fsp3) is 0.263. The van der Waals surface area contributed by atoms with Crippen LogP contribution in [0.3, 0.4) is 0 Å². The van der Waals surface area contributed by atoms with E-state index < -0.39 is 0 Å². The minimum absolute atomic E-state index is 0.0163. The van der Waals surface area contributed by atoms with Gasteiger partial charge >= 0.3 is 6.03 Å². The number of fused-ring (bicyclic) bond motifs is 1. The van der Waals surface area contributed by atoms with Gasteiger partial charge in [0, 0.05) is 18.0 Å². The number of nitrogens with one attached hydrogen (secondary N) is 1. The zero-order valence-corrected chi connectivity index (χ0v) is 13.5. The van der Waals surface area contributed by atoms with Crippen molar-refractivity contribution in [2.75, 3.05) is 11.9 Å². The third-order valence-corrected chi connectivity index (χ3v) is 4.53. The van der Waals surface area contributed by atoms with Crippen molar-refractivity contribution in [1.29, 1.82) is 0 Å². The molecular weight excluding hydrogens is 302 g/mol. The number of hydrogen-bond acceptors (Lipinski definition) is 3. The number of urea groups is 1. The molecule has 2 aromatic carbocycles. The number of benzene rings is 2. The van der Waals surface area contributed by atoms with Gasteiger partial charge in [-0.2, -0.15) is 0 Å². The molecule has 0 saturated carbocycles. The number of anilines is 1. The molecule has 0 unspecified atom stereocenters. The molecule has 0 aliphatic carbocycles. The Kier molecular flexibility index (Phi) is 3.69. The topological polar surface area (TPSA) is 58.4 Å². The quantitative estimate of drug-likeness (QED) is 0.755. The molecular formula is C19H19N3O2. The average Bonchev–Trinajstić information content (AvgIpc) is 3.24. The second kappa shape index (κ2) is 6.00. The standard InChI is InChI=1S/C19H19N3O2/c1-13-12-17(21-24-13)18-10-5-11-22(18)19(23)20-16-9-4-7-14-6-2-3-8-15(14)16/h2-4,6-9,12,18H,5,10-11H2,1H3,(H,20,23)/t18-/m0/s1. The number of nitrogens with zero attached hydrogens (tertiary/aromatic N) is 2. The van der Waals surface area contributed by atoms with Gasteiger partial charge in [-0.05, 0) is 31.2 Å². The Morgan fingerprint density at radius 3 is 2.92 bits per heavy atom. The highest BCUT2D eigenvalue weighted by Crippen LogP contribution is 2.32. The largest absolute Gasteiger partial charge is 0.361 e. The van der Waals surface area contributed by atoms with Gasteiger partial charge in [0.2, 0.25) is 0 Å². The first-order valence-corrected chi connectivity index (χ1v) is 8.21. The van der Waals surface area contributed by atoms with E-state index >= 15 is 0 Å². The van der Waals surface area contributed by atoms with Gasteiger partial charge in [-0.1, -0.05) is 41.6 Å².